The van der Waals surface area contributed by atoms with Gasteiger partial charge in [0.1, 0.15) is 5.58 Å². The van der Waals surface area contributed by atoms with Crippen molar-refractivity contribution < 1.29 is 9.21 Å². The maximum absolute atomic E-state index is 12.8. The molecular formula is C20H29N3O2. The molecule has 1 atom stereocenters. The van der Waals surface area contributed by atoms with Crippen LogP contribution >= 0.6 is 0 Å². The molecule has 5 heteroatoms. The zero-order chi connectivity index (χ0) is 18.0. The van der Waals surface area contributed by atoms with Crippen molar-refractivity contribution >= 4 is 16.9 Å². The second-order valence-electron chi connectivity index (χ2n) is 7.60. The third kappa shape index (κ3) is 4.05. The van der Waals surface area contributed by atoms with Crippen LogP contribution in [0.3, 0.4) is 0 Å². The number of carbonyl (C=O) groups excluding carboxylic acids is 1. The molecule has 3 rings (SSSR count). The molecule has 1 fully saturated rings. The van der Waals surface area contributed by atoms with Crippen molar-refractivity contribution in [3.63, 3.8) is 0 Å². The summed E-state index contributed by atoms with van der Waals surface area (Å²) >= 11 is 0. The number of benzene rings is 1. The van der Waals surface area contributed by atoms with Crippen molar-refractivity contribution in [3.05, 3.63) is 35.6 Å². The van der Waals surface area contributed by atoms with Crippen LogP contribution in [-0.4, -0.2) is 55.5 Å². The number of hydrogen-bond donors (Lipinski definition) is 1. The molecule has 0 bridgehead atoms. The van der Waals surface area contributed by atoms with E-state index < -0.39 is 0 Å². The van der Waals surface area contributed by atoms with Crippen molar-refractivity contribution in [2.24, 2.45) is 5.92 Å². The molecule has 1 aliphatic rings. The van der Waals surface area contributed by atoms with E-state index in [0.29, 0.717) is 30.8 Å². The molecule has 1 aromatic carbocycles. The summed E-state index contributed by atoms with van der Waals surface area (Å²) in [5, 5.41) is 4.12. The molecular weight excluding hydrogens is 314 g/mol. The fourth-order valence-corrected chi connectivity index (χ4v) is 3.57. The third-order valence-electron chi connectivity index (χ3n) is 4.98. The molecule has 0 radical (unpaired) electrons. The first-order valence-electron chi connectivity index (χ1n) is 9.13. The summed E-state index contributed by atoms with van der Waals surface area (Å²) in [6, 6.07) is 8.43. The lowest BCUT2D eigenvalue weighted by molar-refractivity contribution is 0.0919. The fraction of sp³-hybridized carbons (Fsp3) is 0.550. The lowest BCUT2D eigenvalue weighted by Crippen LogP contribution is -2.33. The quantitative estimate of drug-likeness (QED) is 0.876. The van der Waals surface area contributed by atoms with Crippen LogP contribution in [0.15, 0.2) is 28.7 Å². The first-order valence-corrected chi connectivity index (χ1v) is 9.13. The average molecular weight is 343 g/mol. The van der Waals surface area contributed by atoms with Gasteiger partial charge in [0.15, 0.2) is 5.76 Å². The number of nitrogens with one attached hydrogen (secondary N) is 1. The van der Waals surface area contributed by atoms with Crippen LogP contribution < -0.4 is 5.32 Å². The Morgan fingerprint density at radius 1 is 1.36 bits per heavy atom. The van der Waals surface area contributed by atoms with Gasteiger partial charge in [0.05, 0.1) is 0 Å². The predicted octanol–water partition coefficient (Wildman–Crippen LogP) is 2.95. The Bertz CT molecular complexity index is 736. The summed E-state index contributed by atoms with van der Waals surface area (Å²) < 4.78 is 5.89. The number of carbonyl (C=O) groups is 1. The number of fused-ring (bicyclic) bond motifs is 1. The molecule has 1 saturated heterocycles. The number of nitrogens with zero attached hydrogens (tertiary/aromatic N) is 2. The van der Waals surface area contributed by atoms with Crippen LogP contribution in [0.5, 0.6) is 0 Å². The highest BCUT2D eigenvalue weighted by atomic mass is 16.3. The summed E-state index contributed by atoms with van der Waals surface area (Å²) in [6.45, 7) is 8.02. The van der Waals surface area contributed by atoms with Gasteiger partial charge in [0.2, 0.25) is 0 Å². The molecule has 2 heterocycles. The topological polar surface area (TPSA) is 48.7 Å². The second-order valence-corrected chi connectivity index (χ2v) is 7.60. The maximum atomic E-state index is 12.8. The Morgan fingerprint density at radius 2 is 2.12 bits per heavy atom. The van der Waals surface area contributed by atoms with Crippen LogP contribution in [0.25, 0.3) is 11.0 Å². The molecule has 25 heavy (non-hydrogen) atoms. The molecule has 0 saturated carbocycles. The molecule has 0 unspecified atom stereocenters. The van der Waals surface area contributed by atoms with Crippen molar-refractivity contribution in [2.75, 3.05) is 33.7 Å². The summed E-state index contributed by atoms with van der Waals surface area (Å²) in [6.07, 6.45) is 1.14. The van der Waals surface area contributed by atoms with Gasteiger partial charge in [-0.1, -0.05) is 18.2 Å². The molecule has 5 nitrogen and oxygen atoms in total. The van der Waals surface area contributed by atoms with Crippen LogP contribution in [0.1, 0.15) is 36.4 Å². The molecule has 136 valence electrons. The maximum Gasteiger partial charge on any atom is 0.287 e. The zero-order valence-corrected chi connectivity index (χ0v) is 15.7. The van der Waals surface area contributed by atoms with Gasteiger partial charge in [0, 0.05) is 36.6 Å². The van der Waals surface area contributed by atoms with Gasteiger partial charge in [-0.05, 0) is 52.9 Å². The van der Waals surface area contributed by atoms with E-state index in [1.54, 1.807) is 0 Å². The van der Waals surface area contributed by atoms with E-state index in [-0.39, 0.29) is 5.91 Å². The van der Waals surface area contributed by atoms with Crippen molar-refractivity contribution in [1.29, 1.82) is 0 Å². The van der Waals surface area contributed by atoms with E-state index in [2.05, 4.69) is 29.0 Å². The Balaban J connectivity index is 1.71. The Morgan fingerprint density at radius 3 is 2.80 bits per heavy atom. The third-order valence-corrected chi connectivity index (χ3v) is 4.98. The van der Waals surface area contributed by atoms with Gasteiger partial charge in [-0.15, -0.1) is 0 Å². The van der Waals surface area contributed by atoms with Gasteiger partial charge in [0.25, 0.3) is 5.91 Å². The van der Waals surface area contributed by atoms with Crippen molar-refractivity contribution in [3.8, 4) is 0 Å². The fourth-order valence-electron chi connectivity index (χ4n) is 3.57. The first-order chi connectivity index (χ1) is 12.0. The highest BCUT2D eigenvalue weighted by Crippen LogP contribution is 2.27. The molecule has 0 spiro atoms. The van der Waals surface area contributed by atoms with Crippen molar-refractivity contribution in [2.45, 2.75) is 32.9 Å². The molecule has 1 N–H and O–H groups in total. The lowest BCUT2D eigenvalue weighted by atomic mass is 10.1. The number of rotatable bonds is 6. The van der Waals surface area contributed by atoms with Gasteiger partial charge in [-0.25, -0.2) is 0 Å². The molecule has 1 aromatic heterocycles. The summed E-state index contributed by atoms with van der Waals surface area (Å²) in [4.78, 5) is 17.3. The average Bonchev–Trinajstić information content (AvgIpc) is 3.18. The molecule has 0 aliphatic carbocycles. The summed E-state index contributed by atoms with van der Waals surface area (Å²) in [5.41, 5.74) is 1.74. The molecule has 1 amide bonds. The van der Waals surface area contributed by atoms with Gasteiger partial charge < -0.3 is 19.5 Å². The Hall–Kier alpha value is -1.85. The summed E-state index contributed by atoms with van der Waals surface area (Å²) in [7, 11) is 4.00. The second kappa shape index (κ2) is 7.58. The van der Waals surface area contributed by atoms with E-state index in [1.807, 2.05) is 38.4 Å². The smallest absolute Gasteiger partial charge is 0.287 e. The standard InChI is InChI=1S/C20H29N3O2/c1-14(2)23-10-9-15(12-23)11-21-20(24)19-17(13-22(3)4)16-7-5-6-8-18(16)25-19/h5-8,14-15H,9-13H2,1-4H3,(H,21,24)/t15-/m1/s1. The summed E-state index contributed by atoms with van der Waals surface area (Å²) in [5.74, 6) is 0.873. The monoisotopic (exact) mass is 343 g/mol. The minimum atomic E-state index is -0.101. The van der Waals surface area contributed by atoms with E-state index in [4.69, 9.17) is 4.42 Å². The number of furan rings is 1. The predicted molar refractivity (Wildman–Crippen MR) is 101 cm³/mol. The minimum absolute atomic E-state index is 0.101. The highest BCUT2D eigenvalue weighted by molar-refractivity contribution is 5.99. The van der Waals surface area contributed by atoms with E-state index in [1.165, 1.54) is 0 Å². The Labute approximate surface area is 150 Å². The number of para-hydroxylation sites is 1. The van der Waals surface area contributed by atoms with Gasteiger partial charge in [-0.2, -0.15) is 0 Å². The normalized spacial score (nSPS) is 18.6. The van der Waals surface area contributed by atoms with Crippen LogP contribution in [0.2, 0.25) is 0 Å². The minimum Gasteiger partial charge on any atom is -0.451 e. The first kappa shape index (κ1) is 18.0. The highest BCUT2D eigenvalue weighted by Gasteiger charge is 2.26. The van der Waals surface area contributed by atoms with Gasteiger partial charge >= 0.3 is 0 Å². The van der Waals surface area contributed by atoms with Crippen LogP contribution in [0, 0.1) is 5.92 Å². The molecule has 2 aromatic rings. The SMILES string of the molecule is CC(C)N1CC[C@H](CNC(=O)c2oc3ccccc3c2CN(C)C)C1. The van der Waals surface area contributed by atoms with E-state index in [0.717, 1.165) is 36.0 Å². The Kier molecular flexibility index (Phi) is 5.45. The van der Waals surface area contributed by atoms with Crippen LogP contribution in [0.4, 0.5) is 0 Å². The van der Waals surface area contributed by atoms with E-state index >= 15 is 0 Å². The number of amides is 1. The number of likely N-dealkylation sites (tertiary alicyclic amines) is 1. The van der Waals surface area contributed by atoms with Crippen molar-refractivity contribution in [1.82, 2.24) is 15.1 Å². The molecule has 1 aliphatic heterocycles. The van der Waals surface area contributed by atoms with E-state index in [9.17, 15) is 4.79 Å². The lowest BCUT2D eigenvalue weighted by Gasteiger charge is -2.20. The largest absolute Gasteiger partial charge is 0.451 e. The van der Waals surface area contributed by atoms with Crippen LogP contribution in [-0.2, 0) is 6.54 Å². The van der Waals surface area contributed by atoms with Gasteiger partial charge in [-0.3, -0.25) is 4.79 Å². The number of hydrogen-bond acceptors (Lipinski definition) is 4. The zero-order valence-electron chi connectivity index (χ0n) is 15.7.